The third-order valence-corrected chi connectivity index (χ3v) is 2.45. The van der Waals surface area contributed by atoms with Crippen LogP contribution in [0.15, 0.2) is 0 Å². The van der Waals surface area contributed by atoms with Crippen molar-refractivity contribution >= 4 is 12.2 Å². The summed E-state index contributed by atoms with van der Waals surface area (Å²) in [4.78, 5) is 0. The van der Waals surface area contributed by atoms with E-state index in [0.29, 0.717) is 0 Å². The molecule has 1 aromatic heterocycles. The second-order valence-corrected chi connectivity index (χ2v) is 3.54. The molecule has 0 unspecified atom stereocenters. The lowest BCUT2D eigenvalue weighted by Crippen LogP contribution is -2.04. The molecule has 0 atom stereocenters. The maximum absolute atomic E-state index is 5.13. The van der Waals surface area contributed by atoms with Crippen LogP contribution in [0.5, 0.6) is 0 Å². The van der Waals surface area contributed by atoms with E-state index in [1.165, 1.54) is 0 Å². The predicted octanol–water partition coefficient (Wildman–Crippen LogP) is 1.93. The van der Waals surface area contributed by atoms with Crippen molar-refractivity contribution in [1.29, 1.82) is 0 Å². The Hall–Kier alpha value is -0.680. The van der Waals surface area contributed by atoms with E-state index in [1.807, 2.05) is 0 Å². The lowest BCUT2D eigenvalue weighted by atomic mass is 10.3. The van der Waals surface area contributed by atoms with Gasteiger partial charge in [0.25, 0.3) is 0 Å². The van der Waals surface area contributed by atoms with Gasteiger partial charge in [-0.1, -0.05) is 6.92 Å². The monoisotopic (exact) mass is 215 g/mol. The highest BCUT2D eigenvalue weighted by atomic mass is 32.1. The van der Waals surface area contributed by atoms with E-state index >= 15 is 0 Å². The normalized spacial score (nSPS) is 10.7. The number of rotatable bonds is 6. The molecular formula is C9H17N3OS. The third kappa shape index (κ3) is 2.92. The first-order valence-corrected chi connectivity index (χ1v) is 5.33. The minimum absolute atomic E-state index is 0.722. The molecule has 0 aliphatic carbocycles. The van der Waals surface area contributed by atoms with Crippen LogP contribution in [-0.2, 0) is 17.7 Å². The van der Waals surface area contributed by atoms with Crippen molar-refractivity contribution in [2.45, 2.75) is 32.7 Å². The molecular weight excluding hydrogens is 198 g/mol. The summed E-state index contributed by atoms with van der Waals surface area (Å²) in [6.07, 6.45) is 3.05. The number of aromatic nitrogens is 3. The molecule has 0 radical (unpaired) electrons. The van der Waals surface area contributed by atoms with E-state index in [9.17, 15) is 0 Å². The highest BCUT2D eigenvalue weighted by Gasteiger charge is 2.02. The summed E-state index contributed by atoms with van der Waals surface area (Å²) >= 11 is 5.13. The van der Waals surface area contributed by atoms with E-state index in [0.717, 1.165) is 43.0 Å². The Bertz CT molecular complexity index is 318. The molecule has 0 fully saturated rings. The summed E-state index contributed by atoms with van der Waals surface area (Å²) < 4.78 is 7.77. The van der Waals surface area contributed by atoms with Gasteiger partial charge >= 0.3 is 0 Å². The number of unbranched alkanes of at least 4 members (excludes halogenated alkanes) is 1. The van der Waals surface area contributed by atoms with Crippen LogP contribution in [0.3, 0.4) is 0 Å². The Balaban J connectivity index is 2.48. The molecule has 1 rings (SSSR count). The zero-order valence-electron chi connectivity index (χ0n) is 8.75. The van der Waals surface area contributed by atoms with E-state index in [2.05, 4.69) is 21.7 Å². The first-order valence-electron chi connectivity index (χ1n) is 4.92. The summed E-state index contributed by atoms with van der Waals surface area (Å²) in [6, 6.07) is 0. The summed E-state index contributed by atoms with van der Waals surface area (Å²) in [5.74, 6) is 1.03. The van der Waals surface area contributed by atoms with Crippen LogP contribution >= 0.6 is 12.2 Å². The molecule has 1 aromatic rings. The SMILES string of the molecule is CCc1n[nH]c(=S)n1CCCCOC. The van der Waals surface area contributed by atoms with Gasteiger partial charge in [-0.15, -0.1) is 0 Å². The van der Waals surface area contributed by atoms with Crippen molar-refractivity contribution in [2.75, 3.05) is 13.7 Å². The fourth-order valence-corrected chi connectivity index (χ4v) is 1.61. The van der Waals surface area contributed by atoms with Crippen LogP contribution in [0.2, 0.25) is 0 Å². The van der Waals surface area contributed by atoms with Crippen LogP contribution < -0.4 is 0 Å². The van der Waals surface area contributed by atoms with Gasteiger partial charge in [0.15, 0.2) is 4.77 Å². The molecule has 0 saturated heterocycles. The van der Waals surface area contributed by atoms with Gasteiger partial charge in [0.05, 0.1) is 0 Å². The number of methoxy groups -OCH3 is 1. The van der Waals surface area contributed by atoms with Gasteiger partial charge in [-0.3, -0.25) is 5.10 Å². The lowest BCUT2D eigenvalue weighted by Gasteiger charge is -2.04. The fraction of sp³-hybridized carbons (Fsp3) is 0.778. The van der Waals surface area contributed by atoms with Crippen molar-refractivity contribution in [3.8, 4) is 0 Å². The maximum Gasteiger partial charge on any atom is 0.195 e. The Morgan fingerprint density at radius 3 is 2.93 bits per heavy atom. The van der Waals surface area contributed by atoms with Gasteiger partial charge in [-0.05, 0) is 25.1 Å². The predicted molar refractivity (Wildman–Crippen MR) is 57.9 cm³/mol. The standard InChI is InChI=1S/C9H17N3OS/c1-3-8-10-11-9(14)12(8)6-4-5-7-13-2/h3-7H2,1-2H3,(H,11,14). The first kappa shape index (κ1) is 11.4. The summed E-state index contributed by atoms with van der Waals surface area (Å²) in [5, 5.41) is 6.96. The van der Waals surface area contributed by atoms with Crippen molar-refractivity contribution in [3.05, 3.63) is 10.6 Å². The molecule has 0 aliphatic rings. The van der Waals surface area contributed by atoms with Gasteiger partial charge < -0.3 is 9.30 Å². The fourth-order valence-electron chi connectivity index (χ4n) is 1.37. The molecule has 4 nitrogen and oxygen atoms in total. The van der Waals surface area contributed by atoms with Crippen LogP contribution in [0, 0.1) is 4.77 Å². The van der Waals surface area contributed by atoms with Crippen molar-refractivity contribution in [3.63, 3.8) is 0 Å². The number of H-pyrrole nitrogens is 1. The number of aryl methyl sites for hydroxylation is 1. The first-order chi connectivity index (χ1) is 6.79. The number of ether oxygens (including phenoxy) is 1. The smallest absolute Gasteiger partial charge is 0.195 e. The van der Waals surface area contributed by atoms with Crippen LogP contribution in [0.4, 0.5) is 0 Å². The highest BCUT2D eigenvalue weighted by Crippen LogP contribution is 2.02. The zero-order chi connectivity index (χ0) is 10.4. The second kappa shape index (κ2) is 5.93. The van der Waals surface area contributed by atoms with Crippen molar-refractivity contribution < 1.29 is 4.74 Å². The lowest BCUT2D eigenvalue weighted by molar-refractivity contribution is 0.191. The zero-order valence-corrected chi connectivity index (χ0v) is 9.56. The molecule has 0 aliphatic heterocycles. The van der Waals surface area contributed by atoms with Crippen molar-refractivity contribution in [2.24, 2.45) is 0 Å². The van der Waals surface area contributed by atoms with Gasteiger partial charge in [0.1, 0.15) is 5.82 Å². The van der Waals surface area contributed by atoms with Crippen LogP contribution in [0.25, 0.3) is 0 Å². The maximum atomic E-state index is 5.13. The van der Waals surface area contributed by atoms with Crippen molar-refractivity contribution in [1.82, 2.24) is 14.8 Å². The van der Waals surface area contributed by atoms with Crippen LogP contribution in [0.1, 0.15) is 25.6 Å². The Labute approximate surface area is 89.3 Å². The average molecular weight is 215 g/mol. The minimum atomic E-state index is 0.722. The molecule has 0 saturated carbocycles. The Morgan fingerprint density at radius 2 is 2.29 bits per heavy atom. The van der Waals surface area contributed by atoms with E-state index < -0.39 is 0 Å². The second-order valence-electron chi connectivity index (χ2n) is 3.15. The highest BCUT2D eigenvalue weighted by molar-refractivity contribution is 7.71. The average Bonchev–Trinajstić information content (AvgIpc) is 2.55. The molecule has 0 bridgehead atoms. The molecule has 0 spiro atoms. The number of nitrogens with one attached hydrogen (secondary N) is 1. The Morgan fingerprint density at radius 1 is 1.50 bits per heavy atom. The topological polar surface area (TPSA) is 42.8 Å². The molecule has 0 aromatic carbocycles. The number of hydrogen-bond acceptors (Lipinski definition) is 3. The molecule has 5 heteroatoms. The van der Waals surface area contributed by atoms with Gasteiger partial charge in [-0.2, -0.15) is 5.10 Å². The third-order valence-electron chi connectivity index (χ3n) is 2.13. The number of hydrogen-bond donors (Lipinski definition) is 1. The van der Waals surface area contributed by atoms with E-state index in [4.69, 9.17) is 17.0 Å². The largest absolute Gasteiger partial charge is 0.385 e. The quantitative estimate of drug-likeness (QED) is 0.582. The molecule has 14 heavy (non-hydrogen) atoms. The molecule has 80 valence electrons. The Kier molecular flexibility index (Phi) is 4.82. The number of aromatic amines is 1. The molecule has 0 amide bonds. The van der Waals surface area contributed by atoms with Gasteiger partial charge in [0.2, 0.25) is 0 Å². The summed E-state index contributed by atoms with van der Waals surface area (Å²) in [5.41, 5.74) is 0. The summed E-state index contributed by atoms with van der Waals surface area (Å²) in [6.45, 7) is 3.82. The molecule has 1 heterocycles. The van der Waals surface area contributed by atoms with Crippen LogP contribution in [-0.4, -0.2) is 28.5 Å². The minimum Gasteiger partial charge on any atom is -0.385 e. The van der Waals surface area contributed by atoms with E-state index in [-0.39, 0.29) is 0 Å². The van der Waals surface area contributed by atoms with Gasteiger partial charge in [-0.25, -0.2) is 0 Å². The number of nitrogens with zero attached hydrogens (tertiary/aromatic N) is 2. The van der Waals surface area contributed by atoms with Gasteiger partial charge in [0, 0.05) is 26.7 Å². The summed E-state index contributed by atoms with van der Waals surface area (Å²) in [7, 11) is 1.72. The van der Waals surface area contributed by atoms with E-state index in [1.54, 1.807) is 7.11 Å². The molecule has 1 N–H and O–H groups in total.